The molecule has 1 N–H and O–H groups in total. The molecule has 0 atom stereocenters. The number of amides is 1. The van der Waals surface area contributed by atoms with Crippen LogP contribution >= 0.6 is 11.6 Å². The summed E-state index contributed by atoms with van der Waals surface area (Å²) in [4.78, 5) is 10.8. The van der Waals surface area contributed by atoms with Crippen LogP contribution < -0.4 is 5.32 Å². The number of nitrogens with one attached hydrogen (secondary N) is 1. The zero-order valence-electron chi connectivity index (χ0n) is 9.09. The van der Waals surface area contributed by atoms with E-state index in [9.17, 15) is 4.79 Å². The minimum Gasteiger partial charge on any atom is -0.349 e. The van der Waals surface area contributed by atoms with Gasteiger partial charge in [-0.1, -0.05) is 11.6 Å². The molecule has 0 unspecified atom stereocenters. The van der Waals surface area contributed by atoms with Crippen LogP contribution in [0.1, 0.15) is 12.7 Å². The lowest BCUT2D eigenvalue weighted by atomic mass is 10.3. The first kappa shape index (κ1) is 11.5. The minimum absolute atomic E-state index is 0.129. The molecule has 1 aromatic carbocycles. The van der Waals surface area contributed by atoms with E-state index in [1.54, 1.807) is 28.9 Å². The summed E-state index contributed by atoms with van der Waals surface area (Å²) >= 11 is 5.80. The molecular formula is C10H10ClN5O. The highest BCUT2D eigenvalue weighted by atomic mass is 35.5. The fraction of sp³-hybridized carbons (Fsp3) is 0.200. The van der Waals surface area contributed by atoms with E-state index < -0.39 is 0 Å². The number of nitrogens with zero attached hydrogens (tertiary/aromatic N) is 4. The molecule has 0 aliphatic heterocycles. The van der Waals surface area contributed by atoms with Gasteiger partial charge < -0.3 is 5.32 Å². The summed E-state index contributed by atoms with van der Waals surface area (Å²) in [6.45, 7) is 1.72. The van der Waals surface area contributed by atoms with Gasteiger partial charge in [-0.25, -0.2) is 0 Å². The van der Waals surface area contributed by atoms with Gasteiger partial charge in [0.05, 0.1) is 12.2 Å². The van der Waals surface area contributed by atoms with Crippen LogP contribution in [-0.4, -0.2) is 26.1 Å². The lowest BCUT2D eigenvalue weighted by Gasteiger charge is -2.04. The van der Waals surface area contributed by atoms with Crippen molar-refractivity contribution < 1.29 is 4.79 Å². The monoisotopic (exact) mass is 251 g/mol. The molecule has 7 heteroatoms. The highest BCUT2D eigenvalue weighted by Gasteiger charge is 2.08. The normalized spacial score (nSPS) is 10.2. The molecule has 1 aromatic heterocycles. The minimum atomic E-state index is -0.129. The molecule has 0 bridgehead atoms. The average Bonchev–Trinajstić information content (AvgIpc) is 2.75. The Kier molecular flexibility index (Phi) is 3.34. The van der Waals surface area contributed by atoms with Crippen LogP contribution in [0.15, 0.2) is 24.3 Å². The van der Waals surface area contributed by atoms with Crippen molar-refractivity contribution in [3.63, 3.8) is 0 Å². The topological polar surface area (TPSA) is 72.7 Å². The highest BCUT2D eigenvalue weighted by molar-refractivity contribution is 6.30. The standard InChI is InChI=1S/C10H10ClN5O/c1-7(17)12-6-10-13-14-15-16(10)9-4-2-8(11)3-5-9/h2-5H,6H2,1H3,(H,12,17). The summed E-state index contributed by atoms with van der Waals surface area (Å²) in [6.07, 6.45) is 0. The largest absolute Gasteiger partial charge is 0.349 e. The first-order chi connectivity index (χ1) is 8.16. The molecule has 6 nitrogen and oxygen atoms in total. The predicted molar refractivity (Wildman–Crippen MR) is 61.7 cm³/mol. The van der Waals surface area contributed by atoms with E-state index in [2.05, 4.69) is 20.8 Å². The number of hydrogen-bond acceptors (Lipinski definition) is 4. The zero-order chi connectivity index (χ0) is 12.3. The number of hydrogen-bond donors (Lipinski definition) is 1. The molecule has 0 radical (unpaired) electrons. The molecule has 0 fully saturated rings. The molecule has 17 heavy (non-hydrogen) atoms. The quantitative estimate of drug-likeness (QED) is 0.882. The molecule has 0 saturated heterocycles. The first-order valence-corrected chi connectivity index (χ1v) is 5.32. The molecule has 0 aliphatic carbocycles. The Bertz CT molecular complexity index is 522. The second kappa shape index (κ2) is 4.92. The van der Waals surface area contributed by atoms with E-state index in [1.165, 1.54) is 6.92 Å². The third-order valence-electron chi connectivity index (χ3n) is 2.10. The lowest BCUT2D eigenvalue weighted by Crippen LogP contribution is -2.21. The van der Waals surface area contributed by atoms with Crippen molar-refractivity contribution in [3.05, 3.63) is 35.1 Å². The highest BCUT2D eigenvalue weighted by Crippen LogP contribution is 2.13. The second-order valence-electron chi connectivity index (χ2n) is 3.39. The number of carbonyl (C=O) groups excluding carboxylic acids is 1. The van der Waals surface area contributed by atoms with Gasteiger partial charge in [-0.05, 0) is 34.7 Å². The predicted octanol–water partition coefficient (Wildman–Crippen LogP) is 0.952. The smallest absolute Gasteiger partial charge is 0.217 e. The number of carbonyl (C=O) groups is 1. The molecule has 88 valence electrons. The van der Waals surface area contributed by atoms with Gasteiger partial charge in [0.15, 0.2) is 5.82 Å². The molecular weight excluding hydrogens is 242 g/mol. The van der Waals surface area contributed by atoms with Crippen molar-refractivity contribution in [2.24, 2.45) is 0 Å². The number of aromatic nitrogens is 4. The van der Waals surface area contributed by atoms with Gasteiger partial charge in [0.25, 0.3) is 0 Å². The molecule has 1 heterocycles. The van der Waals surface area contributed by atoms with Gasteiger partial charge in [0, 0.05) is 11.9 Å². The second-order valence-corrected chi connectivity index (χ2v) is 3.83. The van der Waals surface area contributed by atoms with Crippen LogP contribution in [0.5, 0.6) is 0 Å². The Hall–Kier alpha value is -1.95. The number of tetrazole rings is 1. The van der Waals surface area contributed by atoms with Crippen LogP contribution in [0.3, 0.4) is 0 Å². The zero-order valence-corrected chi connectivity index (χ0v) is 9.85. The van der Waals surface area contributed by atoms with Crippen LogP contribution in [0.2, 0.25) is 5.02 Å². The van der Waals surface area contributed by atoms with E-state index in [0.717, 1.165) is 5.69 Å². The third-order valence-corrected chi connectivity index (χ3v) is 2.35. The summed E-state index contributed by atoms with van der Waals surface area (Å²) in [6, 6.07) is 7.10. The first-order valence-electron chi connectivity index (χ1n) is 4.94. The molecule has 0 aliphatic rings. The van der Waals surface area contributed by atoms with E-state index in [1.807, 2.05) is 0 Å². The number of rotatable bonds is 3. The van der Waals surface area contributed by atoms with Crippen molar-refractivity contribution in [3.8, 4) is 5.69 Å². The molecule has 2 rings (SSSR count). The molecule has 1 amide bonds. The van der Waals surface area contributed by atoms with Gasteiger partial charge in [-0.2, -0.15) is 4.68 Å². The van der Waals surface area contributed by atoms with Crippen LogP contribution in [0.4, 0.5) is 0 Å². The van der Waals surface area contributed by atoms with Gasteiger partial charge in [-0.3, -0.25) is 4.79 Å². The maximum atomic E-state index is 10.8. The fourth-order valence-electron chi connectivity index (χ4n) is 1.30. The molecule has 0 spiro atoms. The maximum Gasteiger partial charge on any atom is 0.217 e. The van der Waals surface area contributed by atoms with Crippen LogP contribution in [0.25, 0.3) is 5.69 Å². The Balaban J connectivity index is 2.24. The Morgan fingerprint density at radius 3 is 2.76 bits per heavy atom. The Labute approximate surface area is 103 Å². The van der Waals surface area contributed by atoms with E-state index in [0.29, 0.717) is 10.8 Å². The van der Waals surface area contributed by atoms with Crippen molar-refractivity contribution in [1.29, 1.82) is 0 Å². The Morgan fingerprint density at radius 2 is 2.12 bits per heavy atom. The third kappa shape index (κ3) is 2.79. The summed E-state index contributed by atoms with van der Waals surface area (Å²) in [5, 5.41) is 14.6. The van der Waals surface area contributed by atoms with Gasteiger partial charge in [-0.15, -0.1) is 5.10 Å². The molecule has 2 aromatic rings. The van der Waals surface area contributed by atoms with E-state index in [-0.39, 0.29) is 12.5 Å². The Morgan fingerprint density at radius 1 is 1.41 bits per heavy atom. The van der Waals surface area contributed by atoms with Crippen molar-refractivity contribution in [2.75, 3.05) is 0 Å². The van der Waals surface area contributed by atoms with E-state index >= 15 is 0 Å². The van der Waals surface area contributed by atoms with Gasteiger partial charge in [0.2, 0.25) is 5.91 Å². The van der Waals surface area contributed by atoms with Crippen molar-refractivity contribution in [1.82, 2.24) is 25.5 Å². The summed E-state index contributed by atoms with van der Waals surface area (Å²) < 4.78 is 1.55. The van der Waals surface area contributed by atoms with Crippen molar-refractivity contribution in [2.45, 2.75) is 13.5 Å². The number of benzene rings is 1. The molecule has 0 saturated carbocycles. The van der Waals surface area contributed by atoms with E-state index in [4.69, 9.17) is 11.6 Å². The van der Waals surface area contributed by atoms with Crippen LogP contribution in [0, 0.1) is 0 Å². The average molecular weight is 252 g/mol. The summed E-state index contributed by atoms with van der Waals surface area (Å²) in [7, 11) is 0. The van der Waals surface area contributed by atoms with Crippen LogP contribution in [-0.2, 0) is 11.3 Å². The van der Waals surface area contributed by atoms with Crippen molar-refractivity contribution >= 4 is 17.5 Å². The fourth-order valence-corrected chi connectivity index (χ4v) is 1.43. The SMILES string of the molecule is CC(=O)NCc1nnnn1-c1ccc(Cl)cc1. The summed E-state index contributed by atoms with van der Waals surface area (Å²) in [5.41, 5.74) is 0.791. The number of halogens is 1. The lowest BCUT2D eigenvalue weighted by molar-refractivity contribution is -0.119. The maximum absolute atomic E-state index is 10.8. The van der Waals surface area contributed by atoms with Gasteiger partial charge >= 0.3 is 0 Å². The van der Waals surface area contributed by atoms with Gasteiger partial charge in [0.1, 0.15) is 0 Å². The summed E-state index contributed by atoms with van der Waals surface area (Å²) in [5.74, 6) is 0.429.